The molecule has 4 rings (SSSR count). The number of Topliss-reactive ketones (excluding diaryl/α,β-unsaturated/α-hetero) is 1. The zero-order valence-electron chi connectivity index (χ0n) is 16.0. The van der Waals surface area contributed by atoms with Crippen molar-refractivity contribution >= 4 is 24.2 Å². The topological polar surface area (TPSA) is 76.1 Å². The Balaban J connectivity index is 0.00000240. The number of fused-ring (bicyclic) bond motifs is 1. The van der Waals surface area contributed by atoms with E-state index in [4.69, 9.17) is 14.6 Å². The summed E-state index contributed by atoms with van der Waals surface area (Å²) in [6.07, 6.45) is 1.44. The van der Waals surface area contributed by atoms with Crippen LogP contribution in [0.2, 0.25) is 0 Å². The first-order valence-electron chi connectivity index (χ1n) is 9.58. The van der Waals surface area contributed by atoms with Gasteiger partial charge in [0.1, 0.15) is 11.5 Å². The van der Waals surface area contributed by atoms with Crippen molar-refractivity contribution in [2.24, 2.45) is 0 Å². The van der Waals surface area contributed by atoms with E-state index < -0.39 is 5.97 Å². The number of carbonyl (C=O) groups is 2. The van der Waals surface area contributed by atoms with E-state index in [2.05, 4.69) is 4.90 Å². The Morgan fingerprint density at radius 3 is 2.66 bits per heavy atom. The maximum absolute atomic E-state index is 11.7. The predicted octanol–water partition coefficient (Wildman–Crippen LogP) is 3.88. The molecule has 154 valence electrons. The number of aliphatic carboxylic acids is 1. The number of halogens is 1. The van der Waals surface area contributed by atoms with E-state index in [-0.39, 0.29) is 30.7 Å². The molecule has 7 heteroatoms. The van der Waals surface area contributed by atoms with Crippen molar-refractivity contribution in [3.05, 3.63) is 59.2 Å². The molecule has 29 heavy (non-hydrogen) atoms. The minimum atomic E-state index is -0.777. The van der Waals surface area contributed by atoms with Crippen molar-refractivity contribution in [3.8, 4) is 11.5 Å². The van der Waals surface area contributed by atoms with Gasteiger partial charge in [-0.05, 0) is 47.9 Å². The third-order valence-electron chi connectivity index (χ3n) is 5.28. The van der Waals surface area contributed by atoms with Crippen LogP contribution in [0.15, 0.2) is 42.5 Å². The molecule has 2 aromatic rings. The van der Waals surface area contributed by atoms with Crippen molar-refractivity contribution in [2.75, 3.05) is 26.2 Å². The van der Waals surface area contributed by atoms with Crippen LogP contribution in [0.25, 0.3) is 0 Å². The molecule has 6 nitrogen and oxygen atoms in total. The number of ether oxygens (including phenoxy) is 2. The number of hydrogen-bond acceptors (Lipinski definition) is 5. The smallest absolute Gasteiger partial charge is 0.304 e. The van der Waals surface area contributed by atoms with Crippen LogP contribution in [0.3, 0.4) is 0 Å². The molecule has 1 unspecified atom stereocenters. The minimum absolute atomic E-state index is 0. The zero-order chi connectivity index (χ0) is 19.5. The molecule has 1 aliphatic heterocycles. The van der Waals surface area contributed by atoms with Gasteiger partial charge in [-0.25, -0.2) is 0 Å². The molecular weight excluding hydrogens is 394 g/mol. The van der Waals surface area contributed by atoms with Crippen molar-refractivity contribution in [1.82, 2.24) is 4.90 Å². The molecule has 0 saturated carbocycles. The van der Waals surface area contributed by atoms with Gasteiger partial charge in [0.2, 0.25) is 0 Å². The second-order valence-electron chi connectivity index (χ2n) is 7.22. The molecule has 1 saturated heterocycles. The van der Waals surface area contributed by atoms with Gasteiger partial charge in [0.15, 0.2) is 5.78 Å². The highest BCUT2D eigenvalue weighted by Crippen LogP contribution is 2.30. The maximum atomic E-state index is 11.7. The second-order valence-corrected chi connectivity index (χ2v) is 7.22. The van der Waals surface area contributed by atoms with Gasteiger partial charge in [-0.1, -0.05) is 12.1 Å². The molecule has 0 spiro atoms. The largest absolute Gasteiger partial charge is 0.481 e. The lowest BCUT2D eigenvalue weighted by Crippen LogP contribution is -2.39. The Morgan fingerprint density at radius 1 is 1.14 bits per heavy atom. The summed E-state index contributed by atoms with van der Waals surface area (Å²) < 4.78 is 11.8. The number of carboxylic acid groups (broad SMARTS) is 1. The van der Waals surface area contributed by atoms with E-state index in [0.717, 1.165) is 41.2 Å². The summed E-state index contributed by atoms with van der Waals surface area (Å²) in [5.41, 5.74) is 2.91. The average molecular weight is 418 g/mol. The molecule has 0 bridgehead atoms. The predicted molar refractivity (Wildman–Crippen MR) is 110 cm³/mol. The number of nitrogens with zero attached hydrogens (tertiary/aromatic N) is 1. The van der Waals surface area contributed by atoms with Crippen molar-refractivity contribution in [3.63, 3.8) is 0 Å². The van der Waals surface area contributed by atoms with Crippen LogP contribution in [0.4, 0.5) is 0 Å². The Labute approximate surface area is 175 Å². The lowest BCUT2D eigenvalue weighted by Gasteiger charge is -2.32. The van der Waals surface area contributed by atoms with Gasteiger partial charge in [0.25, 0.3) is 0 Å². The highest BCUT2D eigenvalue weighted by molar-refractivity contribution is 6.00. The summed E-state index contributed by atoms with van der Waals surface area (Å²) in [6, 6.07) is 13.4. The van der Waals surface area contributed by atoms with Gasteiger partial charge in [0.05, 0.1) is 19.1 Å². The summed E-state index contributed by atoms with van der Waals surface area (Å²) in [5, 5.41) is 8.85. The molecular formula is C22H24ClNO5. The van der Waals surface area contributed by atoms with E-state index >= 15 is 0 Å². The second kappa shape index (κ2) is 9.39. The lowest BCUT2D eigenvalue weighted by molar-refractivity contribution is -0.137. The van der Waals surface area contributed by atoms with Gasteiger partial charge in [0, 0.05) is 31.6 Å². The van der Waals surface area contributed by atoms with E-state index in [0.29, 0.717) is 26.1 Å². The number of morpholine rings is 1. The van der Waals surface area contributed by atoms with Crippen LogP contribution in [-0.4, -0.2) is 48.0 Å². The van der Waals surface area contributed by atoms with E-state index in [1.807, 2.05) is 42.5 Å². The fraction of sp³-hybridized carbons (Fsp3) is 0.364. The fourth-order valence-corrected chi connectivity index (χ4v) is 3.74. The van der Waals surface area contributed by atoms with Crippen molar-refractivity contribution in [2.45, 2.75) is 25.4 Å². The van der Waals surface area contributed by atoms with Gasteiger partial charge in [-0.2, -0.15) is 0 Å². The van der Waals surface area contributed by atoms with Crippen LogP contribution in [-0.2, 0) is 16.0 Å². The Morgan fingerprint density at radius 2 is 1.90 bits per heavy atom. The quantitative estimate of drug-likeness (QED) is 0.768. The van der Waals surface area contributed by atoms with Crippen LogP contribution in [0.5, 0.6) is 11.5 Å². The molecule has 1 aliphatic carbocycles. The Hall–Kier alpha value is -2.41. The number of rotatable bonds is 6. The first-order chi connectivity index (χ1) is 13.6. The van der Waals surface area contributed by atoms with Crippen LogP contribution in [0.1, 0.15) is 40.4 Å². The van der Waals surface area contributed by atoms with Crippen molar-refractivity contribution in [1.29, 1.82) is 0 Å². The number of aryl methyl sites for hydroxylation is 1. The molecule has 1 N–H and O–H groups in total. The summed E-state index contributed by atoms with van der Waals surface area (Å²) >= 11 is 0. The van der Waals surface area contributed by atoms with E-state index in [1.165, 1.54) is 0 Å². The molecule has 0 aromatic heterocycles. The first-order valence-corrected chi connectivity index (χ1v) is 9.58. The Bertz CT molecular complexity index is 883. The number of benzene rings is 2. The van der Waals surface area contributed by atoms with Crippen LogP contribution >= 0.6 is 12.4 Å². The number of carbonyl (C=O) groups excluding carboxylic acids is 1. The highest BCUT2D eigenvalue weighted by Gasteiger charge is 2.22. The normalized spacial score (nSPS) is 18.8. The van der Waals surface area contributed by atoms with Gasteiger partial charge in [-0.15, -0.1) is 12.4 Å². The fourth-order valence-electron chi connectivity index (χ4n) is 3.74. The summed E-state index contributed by atoms with van der Waals surface area (Å²) in [5.74, 6) is 0.887. The molecule has 2 aliphatic rings. The summed E-state index contributed by atoms with van der Waals surface area (Å²) in [4.78, 5) is 24.6. The Kier molecular flexibility index (Phi) is 6.90. The monoisotopic (exact) mass is 417 g/mol. The SMILES string of the molecule is Cl.O=C(O)CCN1CCOC(c2ccc(Oc3ccc4c(c3)CCC4=O)cc2)C1. The third-order valence-corrected chi connectivity index (χ3v) is 5.28. The zero-order valence-corrected chi connectivity index (χ0v) is 16.8. The third kappa shape index (κ3) is 5.15. The average Bonchev–Trinajstić information content (AvgIpc) is 3.07. The van der Waals surface area contributed by atoms with Gasteiger partial charge < -0.3 is 14.6 Å². The highest BCUT2D eigenvalue weighted by atomic mass is 35.5. The molecule has 1 atom stereocenters. The van der Waals surface area contributed by atoms with Gasteiger partial charge >= 0.3 is 5.97 Å². The number of ketones is 1. The van der Waals surface area contributed by atoms with Crippen molar-refractivity contribution < 1.29 is 24.2 Å². The number of hydrogen-bond donors (Lipinski definition) is 1. The maximum Gasteiger partial charge on any atom is 0.304 e. The van der Waals surface area contributed by atoms with Crippen LogP contribution < -0.4 is 4.74 Å². The molecule has 1 heterocycles. The summed E-state index contributed by atoms with van der Waals surface area (Å²) in [6.45, 7) is 2.58. The molecule has 1 fully saturated rings. The minimum Gasteiger partial charge on any atom is -0.481 e. The first kappa shape index (κ1) is 21.3. The molecule has 2 aromatic carbocycles. The summed E-state index contributed by atoms with van der Waals surface area (Å²) in [7, 11) is 0. The lowest BCUT2D eigenvalue weighted by atomic mass is 10.1. The van der Waals surface area contributed by atoms with E-state index in [1.54, 1.807) is 0 Å². The van der Waals surface area contributed by atoms with Crippen LogP contribution in [0, 0.1) is 0 Å². The molecule has 0 radical (unpaired) electrons. The van der Waals surface area contributed by atoms with Gasteiger partial charge in [-0.3, -0.25) is 14.5 Å². The van der Waals surface area contributed by atoms with E-state index in [9.17, 15) is 9.59 Å². The molecule has 0 amide bonds. The standard InChI is InChI=1S/C22H23NO5.ClH/c24-20-8-3-16-13-18(6-7-19(16)20)28-17-4-1-15(2-5-17)21-14-23(11-12-27-21)10-9-22(25)26;/h1-2,4-7,13,21H,3,8-12,14H2,(H,25,26);1H. The number of carboxylic acids is 1.